The van der Waals surface area contributed by atoms with Crippen LogP contribution in [0.25, 0.3) is 0 Å². The molecule has 2 N–H and O–H groups in total. The molecule has 1 aromatic carbocycles. The average Bonchev–Trinajstić information content (AvgIpc) is 3.61. The van der Waals surface area contributed by atoms with Gasteiger partial charge in [-0.3, -0.25) is 14.4 Å². The first-order chi connectivity index (χ1) is 16.1. The highest BCUT2D eigenvalue weighted by Crippen LogP contribution is 2.26. The second-order valence-electron chi connectivity index (χ2n) is 8.08. The number of carbonyl (C=O) groups is 3. The molecule has 4 rings (SSSR count). The minimum Gasteiger partial charge on any atom is -0.467 e. The predicted octanol–water partition coefficient (Wildman–Crippen LogP) is 3.90. The quantitative estimate of drug-likeness (QED) is 0.501. The summed E-state index contributed by atoms with van der Waals surface area (Å²) in [6.45, 7) is -0.0184. The molecule has 0 radical (unpaired) electrons. The van der Waals surface area contributed by atoms with Crippen molar-refractivity contribution in [3.05, 3.63) is 82.4 Å². The van der Waals surface area contributed by atoms with Crippen LogP contribution >= 0.6 is 11.3 Å². The van der Waals surface area contributed by atoms with Gasteiger partial charge in [0.1, 0.15) is 5.76 Å². The SMILES string of the molecule is O=C(NCC(=O)N(Cc1ccccc1)[C@@H](C(=O)NC1CCCC1)c1ccco1)c1cccs1. The van der Waals surface area contributed by atoms with E-state index in [1.165, 1.54) is 22.5 Å². The molecule has 0 saturated heterocycles. The first kappa shape index (κ1) is 22.8. The van der Waals surface area contributed by atoms with Gasteiger partial charge in [-0.25, -0.2) is 0 Å². The van der Waals surface area contributed by atoms with E-state index in [9.17, 15) is 14.4 Å². The number of hydrogen-bond donors (Lipinski definition) is 2. The molecular weight excluding hydrogens is 438 g/mol. The van der Waals surface area contributed by atoms with E-state index in [-0.39, 0.29) is 36.9 Å². The van der Waals surface area contributed by atoms with E-state index in [1.807, 2.05) is 30.3 Å². The second kappa shape index (κ2) is 11.0. The van der Waals surface area contributed by atoms with Crippen LogP contribution in [0.2, 0.25) is 0 Å². The van der Waals surface area contributed by atoms with Gasteiger partial charge < -0.3 is 20.0 Å². The number of nitrogens with one attached hydrogen (secondary N) is 2. The molecule has 0 bridgehead atoms. The standard InChI is InChI=1S/C25H27N3O4S/c29-22(16-26-24(30)21-13-7-15-33-21)28(17-18-8-2-1-3-9-18)23(20-12-6-14-32-20)25(31)27-19-10-4-5-11-19/h1-3,6-9,12-15,19,23H,4-5,10-11,16-17H2,(H,26,30)(H,27,31)/t23-/m1/s1. The Hall–Kier alpha value is -3.39. The van der Waals surface area contributed by atoms with Crippen molar-refractivity contribution in [1.82, 2.24) is 15.5 Å². The van der Waals surface area contributed by atoms with E-state index >= 15 is 0 Å². The average molecular weight is 466 g/mol. The fraction of sp³-hybridized carbons (Fsp3) is 0.320. The summed E-state index contributed by atoms with van der Waals surface area (Å²) < 4.78 is 5.59. The molecule has 1 fully saturated rings. The maximum absolute atomic E-state index is 13.4. The maximum Gasteiger partial charge on any atom is 0.261 e. The smallest absolute Gasteiger partial charge is 0.261 e. The molecule has 33 heavy (non-hydrogen) atoms. The Kier molecular flexibility index (Phi) is 7.57. The first-order valence-electron chi connectivity index (χ1n) is 11.1. The first-order valence-corrected chi connectivity index (χ1v) is 12.0. The Morgan fingerprint density at radius 1 is 1.03 bits per heavy atom. The molecule has 1 aliphatic carbocycles. The summed E-state index contributed by atoms with van der Waals surface area (Å²) in [7, 11) is 0. The van der Waals surface area contributed by atoms with Gasteiger partial charge in [0.2, 0.25) is 5.91 Å². The molecule has 2 aromatic heterocycles. The topological polar surface area (TPSA) is 91.7 Å². The number of carbonyl (C=O) groups excluding carboxylic acids is 3. The van der Waals surface area contributed by atoms with Gasteiger partial charge >= 0.3 is 0 Å². The van der Waals surface area contributed by atoms with Crippen molar-refractivity contribution in [3.8, 4) is 0 Å². The summed E-state index contributed by atoms with van der Waals surface area (Å²) in [4.78, 5) is 41.2. The van der Waals surface area contributed by atoms with Crippen LogP contribution in [0.1, 0.15) is 52.7 Å². The molecule has 1 saturated carbocycles. The molecule has 2 heterocycles. The van der Waals surface area contributed by atoms with Gasteiger partial charge in [0.25, 0.3) is 11.8 Å². The Morgan fingerprint density at radius 3 is 2.48 bits per heavy atom. The van der Waals surface area contributed by atoms with E-state index in [4.69, 9.17) is 4.42 Å². The number of rotatable bonds is 9. The molecule has 1 atom stereocenters. The lowest BCUT2D eigenvalue weighted by atomic mass is 10.1. The Labute approximate surface area is 196 Å². The molecular formula is C25H27N3O4S. The zero-order chi connectivity index (χ0) is 23.0. The van der Waals surface area contributed by atoms with Gasteiger partial charge in [0.05, 0.1) is 17.7 Å². The summed E-state index contributed by atoms with van der Waals surface area (Å²) in [6.07, 6.45) is 5.52. The largest absolute Gasteiger partial charge is 0.467 e. The number of amides is 3. The highest BCUT2D eigenvalue weighted by Gasteiger charge is 2.35. The summed E-state index contributed by atoms with van der Waals surface area (Å²) in [5, 5.41) is 7.58. The number of thiophene rings is 1. The maximum atomic E-state index is 13.4. The zero-order valence-corrected chi connectivity index (χ0v) is 19.1. The fourth-order valence-electron chi connectivity index (χ4n) is 4.08. The van der Waals surface area contributed by atoms with E-state index in [2.05, 4.69) is 10.6 Å². The Morgan fingerprint density at radius 2 is 1.82 bits per heavy atom. The van der Waals surface area contributed by atoms with Crippen molar-refractivity contribution in [1.29, 1.82) is 0 Å². The van der Waals surface area contributed by atoms with Gasteiger partial charge in [0.15, 0.2) is 6.04 Å². The summed E-state index contributed by atoms with van der Waals surface area (Å²) in [5.74, 6) is -0.570. The molecule has 0 spiro atoms. The molecule has 0 aliphatic heterocycles. The lowest BCUT2D eigenvalue weighted by Crippen LogP contribution is -2.48. The van der Waals surface area contributed by atoms with Gasteiger partial charge in [-0.2, -0.15) is 0 Å². The fourth-order valence-corrected chi connectivity index (χ4v) is 4.72. The van der Waals surface area contributed by atoms with Crippen molar-refractivity contribution in [2.24, 2.45) is 0 Å². The van der Waals surface area contributed by atoms with Crippen molar-refractivity contribution >= 4 is 29.1 Å². The van der Waals surface area contributed by atoms with Gasteiger partial charge in [-0.05, 0) is 42.0 Å². The van der Waals surface area contributed by atoms with E-state index < -0.39 is 6.04 Å². The minimum absolute atomic E-state index is 0.0992. The van der Waals surface area contributed by atoms with Crippen LogP contribution in [0.3, 0.4) is 0 Å². The molecule has 3 amide bonds. The van der Waals surface area contributed by atoms with Crippen molar-refractivity contribution in [2.75, 3.05) is 6.54 Å². The van der Waals surface area contributed by atoms with Crippen molar-refractivity contribution in [2.45, 2.75) is 44.3 Å². The van der Waals surface area contributed by atoms with Crippen LogP contribution in [0.4, 0.5) is 0 Å². The summed E-state index contributed by atoms with van der Waals surface area (Å²) >= 11 is 1.30. The van der Waals surface area contributed by atoms with Crippen LogP contribution in [0, 0.1) is 0 Å². The Balaban J connectivity index is 1.57. The molecule has 3 aromatic rings. The van der Waals surface area contributed by atoms with Gasteiger partial charge in [-0.1, -0.05) is 49.2 Å². The highest BCUT2D eigenvalue weighted by atomic mass is 32.1. The van der Waals surface area contributed by atoms with E-state index in [0.717, 1.165) is 31.2 Å². The second-order valence-corrected chi connectivity index (χ2v) is 9.02. The highest BCUT2D eigenvalue weighted by molar-refractivity contribution is 7.12. The lowest BCUT2D eigenvalue weighted by Gasteiger charge is -2.31. The Bertz CT molecular complexity index is 1040. The van der Waals surface area contributed by atoms with E-state index in [1.54, 1.807) is 29.6 Å². The molecule has 172 valence electrons. The number of furan rings is 1. The predicted molar refractivity (Wildman–Crippen MR) is 125 cm³/mol. The van der Waals surface area contributed by atoms with Gasteiger partial charge in [-0.15, -0.1) is 11.3 Å². The number of benzene rings is 1. The van der Waals surface area contributed by atoms with Crippen LogP contribution in [0.5, 0.6) is 0 Å². The molecule has 7 nitrogen and oxygen atoms in total. The monoisotopic (exact) mass is 465 g/mol. The zero-order valence-electron chi connectivity index (χ0n) is 18.2. The van der Waals surface area contributed by atoms with E-state index in [0.29, 0.717) is 10.6 Å². The number of nitrogens with zero attached hydrogens (tertiary/aromatic N) is 1. The summed E-state index contributed by atoms with van der Waals surface area (Å²) in [5.41, 5.74) is 0.876. The molecule has 0 unspecified atom stereocenters. The third-order valence-electron chi connectivity index (χ3n) is 5.74. The minimum atomic E-state index is -0.938. The lowest BCUT2D eigenvalue weighted by molar-refractivity contribution is -0.141. The van der Waals surface area contributed by atoms with Crippen molar-refractivity contribution in [3.63, 3.8) is 0 Å². The number of hydrogen-bond acceptors (Lipinski definition) is 5. The molecule has 1 aliphatic rings. The normalized spacial score (nSPS) is 14.5. The van der Waals surface area contributed by atoms with Gasteiger partial charge in [0, 0.05) is 12.6 Å². The summed E-state index contributed by atoms with van der Waals surface area (Å²) in [6, 6.07) is 15.5. The third-order valence-corrected chi connectivity index (χ3v) is 6.60. The van der Waals surface area contributed by atoms with Crippen LogP contribution in [-0.2, 0) is 16.1 Å². The van der Waals surface area contributed by atoms with Crippen LogP contribution in [-0.4, -0.2) is 35.2 Å². The third kappa shape index (κ3) is 5.90. The van der Waals surface area contributed by atoms with Crippen LogP contribution in [0.15, 0.2) is 70.7 Å². The van der Waals surface area contributed by atoms with Crippen LogP contribution < -0.4 is 10.6 Å². The van der Waals surface area contributed by atoms with Crippen molar-refractivity contribution < 1.29 is 18.8 Å². The molecule has 8 heteroatoms.